The summed E-state index contributed by atoms with van der Waals surface area (Å²) in [6, 6.07) is 9.92. The van der Waals surface area contributed by atoms with E-state index >= 15 is 0 Å². The van der Waals surface area contributed by atoms with Crippen LogP contribution in [0, 0.1) is 27.0 Å². The molecule has 0 bridgehead atoms. The van der Waals surface area contributed by atoms with Gasteiger partial charge in [-0.2, -0.15) is 0 Å². The van der Waals surface area contributed by atoms with Crippen molar-refractivity contribution in [3.8, 4) is 0 Å². The zero-order valence-corrected chi connectivity index (χ0v) is 13.8. The van der Waals surface area contributed by atoms with E-state index in [9.17, 15) is 0 Å². The molecule has 1 heterocycles. The van der Waals surface area contributed by atoms with E-state index in [2.05, 4.69) is 58.5 Å². The number of nitrogens with zero attached hydrogens (tertiary/aromatic N) is 4. The fourth-order valence-corrected chi connectivity index (χ4v) is 3.21. The highest BCUT2D eigenvalue weighted by Crippen LogP contribution is 2.51. The molecule has 0 aliphatic carbocycles. The molecule has 2 aromatic carbocycles. The molecule has 0 amide bonds. The van der Waals surface area contributed by atoms with Crippen LogP contribution in [0.1, 0.15) is 18.1 Å². The molecule has 0 aromatic heterocycles. The zero-order chi connectivity index (χ0) is 16.7. The Hall–Kier alpha value is -2.98. The van der Waals surface area contributed by atoms with Crippen LogP contribution >= 0.6 is 0 Å². The molecule has 0 spiro atoms. The van der Waals surface area contributed by atoms with Gasteiger partial charge in [0, 0.05) is 18.4 Å². The van der Waals surface area contributed by atoms with Gasteiger partial charge in [-0.15, -0.1) is 0 Å². The van der Waals surface area contributed by atoms with Crippen molar-refractivity contribution in [3.05, 3.63) is 64.3 Å². The molecule has 114 valence electrons. The van der Waals surface area contributed by atoms with E-state index in [0.29, 0.717) is 11.4 Å². The summed E-state index contributed by atoms with van der Waals surface area (Å²) >= 11 is 0. The Kier molecular flexibility index (Phi) is 3.47. The van der Waals surface area contributed by atoms with Gasteiger partial charge in [-0.3, -0.25) is 0 Å². The number of hydrogen-bond donors (Lipinski definition) is 0. The summed E-state index contributed by atoms with van der Waals surface area (Å²) in [5.74, 6) is 0. The summed E-state index contributed by atoms with van der Waals surface area (Å²) in [5, 5.41) is 0. The van der Waals surface area contributed by atoms with Crippen LogP contribution in [0.2, 0.25) is 0 Å². The fourth-order valence-electron chi connectivity index (χ4n) is 3.21. The van der Waals surface area contributed by atoms with Gasteiger partial charge in [-0.1, -0.05) is 17.7 Å². The third-order valence-electron chi connectivity index (χ3n) is 4.47. The van der Waals surface area contributed by atoms with Gasteiger partial charge in [0.05, 0.1) is 18.8 Å². The monoisotopic (exact) mass is 302 g/mol. The number of rotatable bonds is 1. The van der Waals surface area contributed by atoms with Crippen LogP contribution in [0.15, 0.2) is 30.3 Å². The summed E-state index contributed by atoms with van der Waals surface area (Å²) in [4.78, 5) is 11.5. The second-order valence-corrected chi connectivity index (χ2v) is 5.96. The summed E-state index contributed by atoms with van der Waals surface area (Å²) in [5.41, 5.74) is 6.39. The van der Waals surface area contributed by atoms with E-state index in [1.807, 2.05) is 13.1 Å². The van der Waals surface area contributed by atoms with Crippen LogP contribution in [0.25, 0.3) is 9.69 Å². The highest BCUT2D eigenvalue weighted by Gasteiger charge is 2.34. The van der Waals surface area contributed by atoms with Crippen LogP contribution in [-0.4, -0.2) is 13.2 Å². The lowest BCUT2D eigenvalue weighted by Gasteiger charge is -2.29. The van der Waals surface area contributed by atoms with Crippen molar-refractivity contribution in [1.29, 1.82) is 0 Å². The second kappa shape index (κ2) is 5.34. The Morgan fingerprint density at radius 2 is 1.74 bits per heavy atom. The van der Waals surface area contributed by atoms with Gasteiger partial charge in [0.1, 0.15) is 6.17 Å². The minimum absolute atomic E-state index is 0.0906. The lowest BCUT2D eigenvalue weighted by atomic mass is 10.1. The van der Waals surface area contributed by atoms with E-state index in [4.69, 9.17) is 13.1 Å². The maximum Gasteiger partial charge on any atom is 0.202 e. The van der Waals surface area contributed by atoms with E-state index in [0.717, 1.165) is 17.1 Å². The van der Waals surface area contributed by atoms with Gasteiger partial charge in [-0.25, -0.2) is 9.69 Å². The number of hydrogen-bond acceptors (Lipinski definition) is 2. The Morgan fingerprint density at radius 1 is 1.00 bits per heavy atom. The number of anilines is 3. The molecule has 23 heavy (non-hydrogen) atoms. The summed E-state index contributed by atoms with van der Waals surface area (Å²) in [7, 11) is 2.01. The first kappa shape index (κ1) is 14.9. The van der Waals surface area contributed by atoms with Crippen molar-refractivity contribution in [1.82, 2.24) is 0 Å². The standard InChI is InChI=1S/C19H18N4/c1-12-7-8-17(13(2)9-12)23-14(3)22(6)18-11-15(20-4)10-16(21-5)19(18)23/h7-11,14H,1-3,6H3/t14-/m0/s1. The zero-order valence-electron chi connectivity index (χ0n) is 13.8. The molecule has 0 unspecified atom stereocenters. The average molecular weight is 302 g/mol. The Labute approximate surface area is 137 Å². The number of aryl methyl sites for hydroxylation is 2. The lowest BCUT2D eigenvalue weighted by Crippen LogP contribution is -2.35. The molecule has 0 fully saturated rings. The summed E-state index contributed by atoms with van der Waals surface area (Å²) in [6.45, 7) is 21.1. The summed E-state index contributed by atoms with van der Waals surface area (Å²) < 4.78 is 0. The van der Waals surface area contributed by atoms with Crippen molar-refractivity contribution >= 4 is 28.4 Å². The van der Waals surface area contributed by atoms with Crippen molar-refractivity contribution in [3.63, 3.8) is 0 Å². The second-order valence-electron chi connectivity index (χ2n) is 5.96. The lowest BCUT2D eigenvalue weighted by molar-refractivity contribution is 0.733. The predicted octanol–water partition coefficient (Wildman–Crippen LogP) is 5.34. The van der Waals surface area contributed by atoms with Crippen molar-refractivity contribution < 1.29 is 0 Å². The van der Waals surface area contributed by atoms with E-state index < -0.39 is 0 Å². The van der Waals surface area contributed by atoms with Gasteiger partial charge in [0.15, 0.2) is 5.69 Å². The first-order chi connectivity index (χ1) is 11.0. The van der Waals surface area contributed by atoms with Gasteiger partial charge < -0.3 is 9.80 Å². The molecule has 0 radical (unpaired) electrons. The highest BCUT2D eigenvalue weighted by atomic mass is 15.4. The molecule has 0 saturated heterocycles. The van der Waals surface area contributed by atoms with E-state index in [1.165, 1.54) is 11.1 Å². The minimum Gasteiger partial charge on any atom is -0.355 e. The highest BCUT2D eigenvalue weighted by molar-refractivity contribution is 5.96. The molecular formula is C19H18N4. The Morgan fingerprint density at radius 3 is 2.35 bits per heavy atom. The van der Waals surface area contributed by atoms with Crippen LogP contribution in [0.4, 0.5) is 28.4 Å². The topological polar surface area (TPSA) is 15.2 Å². The molecular weight excluding hydrogens is 284 g/mol. The quantitative estimate of drug-likeness (QED) is 0.661. The fraction of sp³-hybridized carbons (Fsp3) is 0.263. The van der Waals surface area contributed by atoms with Crippen LogP contribution in [0.5, 0.6) is 0 Å². The molecule has 1 aliphatic rings. The SMILES string of the molecule is [C-]#[N+]c1cc([N+]#[C-])c2c(c1)N(C)[C@H](C)N2c1ccc(C)cc1C. The molecule has 4 nitrogen and oxygen atoms in total. The first-order valence-electron chi connectivity index (χ1n) is 7.50. The maximum atomic E-state index is 7.53. The van der Waals surface area contributed by atoms with Gasteiger partial charge >= 0.3 is 0 Å². The Balaban J connectivity index is 2.27. The largest absolute Gasteiger partial charge is 0.355 e. The van der Waals surface area contributed by atoms with Crippen molar-refractivity contribution in [2.24, 2.45) is 0 Å². The normalized spacial score (nSPS) is 16.0. The van der Waals surface area contributed by atoms with Crippen molar-refractivity contribution in [2.45, 2.75) is 26.9 Å². The van der Waals surface area contributed by atoms with E-state index in [1.54, 1.807) is 6.07 Å². The molecule has 1 aliphatic heterocycles. The Bertz CT molecular complexity index is 870. The molecule has 0 N–H and O–H groups in total. The molecule has 0 saturated carbocycles. The number of benzene rings is 2. The number of fused-ring (bicyclic) bond motifs is 1. The van der Waals surface area contributed by atoms with Crippen LogP contribution in [0.3, 0.4) is 0 Å². The average Bonchev–Trinajstić information content (AvgIpc) is 2.79. The predicted molar refractivity (Wildman–Crippen MR) is 94.9 cm³/mol. The van der Waals surface area contributed by atoms with Crippen LogP contribution in [-0.2, 0) is 0 Å². The first-order valence-corrected chi connectivity index (χ1v) is 7.50. The third-order valence-corrected chi connectivity index (χ3v) is 4.47. The third kappa shape index (κ3) is 2.20. The maximum absolute atomic E-state index is 7.53. The van der Waals surface area contributed by atoms with Gasteiger partial charge in [0.25, 0.3) is 0 Å². The molecule has 4 heteroatoms. The molecule has 3 rings (SSSR count). The van der Waals surface area contributed by atoms with Gasteiger partial charge in [-0.05, 0) is 44.5 Å². The minimum atomic E-state index is 0.0906. The molecule has 2 aromatic rings. The van der Waals surface area contributed by atoms with Gasteiger partial charge in [0.2, 0.25) is 5.69 Å². The van der Waals surface area contributed by atoms with Crippen molar-refractivity contribution in [2.75, 3.05) is 16.8 Å². The summed E-state index contributed by atoms with van der Waals surface area (Å²) in [6.07, 6.45) is 0.0906. The van der Waals surface area contributed by atoms with E-state index in [-0.39, 0.29) is 6.17 Å². The molecule has 1 atom stereocenters. The smallest absolute Gasteiger partial charge is 0.202 e. The van der Waals surface area contributed by atoms with Crippen LogP contribution < -0.4 is 9.80 Å².